The summed E-state index contributed by atoms with van der Waals surface area (Å²) >= 11 is 3.35. The summed E-state index contributed by atoms with van der Waals surface area (Å²) in [7, 11) is 0. The standard InChI is InChI=1S/C11H9BrN2O2/c12-8-3-1-7(2-4-8)9-5-6-10(16-9)11(15)14-13/h1-6H,13H2,(H,14,15). The summed E-state index contributed by atoms with van der Waals surface area (Å²) in [6.45, 7) is 0. The molecule has 1 aromatic carbocycles. The number of benzene rings is 1. The van der Waals surface area contributed by atoms with Crippen LogP contribution >= 0.6 is 15.9 Å². The molecule has 2 rings (SSSR count). The summed E-state index contributed by atoms with van der Waals surface area (Å²) in [5.41, 5.74) is 2.92. The summed E-state index contributed by atoms with van der Waals surface area (Å²) < 4.78 is 6.34. The third-order valence-corrected chi connectivity index (χ3v) is 2.62. The molecule has 0 radical (unpaired) electrons. The van der Waals surface area contributed by atoms with Crippen molar-refractivity contribution in [3.63, 3.8) is 0 Å². The summed E-state index contributed by atoms with van der Waals surface area (Å²) in [5, 5.41) is 0. The van der Waals surface area contributed by atoms with Gasteiger partial charge in [-0.15, -0.1) is 0 Å². The van der Waals surface area contributed by atoms with Gasteiger partial charge in [0.1, 0.15) is 5.76 Å². The predicted octanol–water partition coefficient (Wildman–Crippen LogP) is 2.31. The normalized spacial score (nSPS) is 10.1. The van der Waals surface area contributed by atoms with Crippen LogP contribution in [0.3, 0.4) is 0 Å². The van der Waals surface area contributed by atoms with Gasteiger partial charge in [0, 0.05) is 10.0 Å². The lowest BCUT2D eigenvalue weighted by Crippen LogP contribution is -2.29. The number of hydrazine groups is 1. The zero-order valence-corrected chi connectivity index (χ0v) is 9.82. The Morgan fingerprint density at radius 2 is 1.88 bits per heavy atom. The van der Waals surface area contributed by atoms with E-state index in [0.717, 1.165) is 10.0 Å². The van der Waals surface area contributed by atoms with Crippen LogP contribution in [0.2, 0.25) is 0 Å². The van der Waals surface area contributed by atoms with E-state index in [2.05, 4.69) is 15.9 Å². The molecule has 0 saturated heterocycles. The Hall–Kier alpha value is -1.59. The summed E-state index contributed by atoms with van der Waals surface area (Å²) in [6, 6.07) is 10.9. The number of carbonyl (C=O) groups is 1. The van der Waals surface area contributed by atoms with Gasteiger partial charge in [-0.05, 0) is 24.3 Å². The molecule has 0 spiro atoms. The van der Waals surface area contributed by atoms with Crippen molar-refractivity contribution < 1.29 is 9.21 Å². The monoisotopic (exact) mass is 280 g/mol. The average Bonchev–Trinajstić information content (AvgIpc) is 2.78. The van der Waals surface area contributed by atoms with E-state index in [0.29, 0.717) is 5.76 Å². The van der Waals surface area contributed by atoms with Gasteiger partial charge in [0.05, 0.1) is 0 Å². The lowest BCUT2D eigenvalue weighted by atomic mass is 10.2. The molecule has 0 aliphatic heterocycles. The van der Waals surface area contributed by atoms with Crippen molar-refractivity contribution in [1.29, 1.82) is 0 Å². The quantitative estimate of drug-likeness (QED) is 0.504. The van der Waals surface area contributed by atoms with Gasteiger partial charge in [-0.3, -0.25) is 10.2 Å². The van der Waals surface area contributed by atoms with Crippen LogP contribution in [-0.4, -0.2) is 5.91 Å². The van der Waals surface area contributed by atoms with Gasteiger partial charge < -0.3 is 4.42 Å². The minimum absolute atomic E-state index is 0.195. The lowest BCUT2D eigenvalue weighted by molar-refractivity contribution is 0.0927. The maximum atomic E-state index is 11.2. The van der Waals surface area contributed by atoms with Crippen molar-refractivity contribution in [1.82, 2.24) is 5.43 Å². The molecule has 0 aliphatic carbocycles. The molecule has 0 bridgehead atoms. The Bertz CT molecular complexity index is 505. The summed E-state index contributed by atoms with van der Waals surface area (Å²) in [5.74, 6) is 5.39. The number of hydrogen-bond acceptors (Lipinski definition) is 3. The molecule has 0 unspecified atom stereocenters. The fourth-order valence-corrected chi connectivity index (χ4v) is 1.56. The van der Waals surface area contributed by atoms with Gasteiger partial charge in [0.25, 0.3) is 0 Å². The Balaban J connectivity index is 2.31. The Kier molecular flexibility index (Phi) is 3.07. The van der Waals surface area contributed by atoms with Crippen molar-refractivity contribution in [3.8, 4) is 11.3 Å². The maximum absolute atomic E-state index is 11.2. The van der Waals surface area contributed by atoms with Crippen LogP contribution in [0.25, 0.3) is 11.3 Å². The second kappa shape index (κ2) is 4.51. The topological polar surface area (TPSA) is 68.3 Å². The molecule has 1 aromatic heterocycles. The van der Waals surface area contributed by atoms with Crippen LogP contribution in [-0.2, 0) is 0 Å². The Labute approximate surface area is 101 Å². The van der Waals surface area contributed by atoms with Gasteiger partial charge in [-0.25, -0.2) is 5.84 Å². The Morgan fingerprint density at radius 3 is 2.50 bits per heavy atom. The van der Waals surface area contributed by atoms with E-state index in [1.165, 1.54) is 0 Å². The number of nitrogens with two attached hydrogens (primary N) is 1. The fourth-order valence-electron chi connectivity index (χ4n) is 1.30. The first-order valence-electron chi connectivity index (χ1n) is 4.57. The number of halogens is 1. The van der Waals surface area contributed by atoms with E-state index in [1.54, 1.807) is 12.1 Å². The first-order valence-corrected chi connectivity index (χ1v) is 5.37. The highest BCUT2D eigenvalue weighted by atomic mass is 79.9. The van der Waals surface area contributed by atoms with Crippen molar-refractivity contribution in [2.45, 2.75) is 0 Å². The van der Waals surface area contributed by atoms with Crippen LogP contribution in [0.1, 0.15) is 10.6 Å². The molecule has 1 amide bonds. The number of hydrogen-bond donors (Lipinski definition) is 2. The smallest absolute Gasteiger partial charge is 0.300 e. The van der Waals surface area contributed by atoms with Crippen LogP contribution in [0.15, 0.2) is 45.3 Å². The van der Waals surface area contributed by atoms with Crippen LogP contribution < -0.4 is 11.3 Å². The van der Waals surface area contributed by atoms with E-state index >= 15 is 0 Å². The molecule has 0 saturated carbocycles. The van der Waals surface area contributed by atoms with Crippen molar-refractivity contribution >= 4 is 21.8 Å². The van der Waals surface area contributed by atoms with Crippen LogP contribution in [0.5, 0.6) is 0 Å². The molecule has 16 heavy (non-hydrogen) atoms. The van der Waals surface area contributed by atoms with Crippen molar-refractivity contribution in [2.24, 2.45) is 5.84 Å². The minimum atomic E-state index is -0.441. The average molecular weight is 281 g/mol. The summed E-state index contributed by atoms with van der Waals surface area (Å²) in [4.78, 5) is 11.2. The van der Waals surface area contributed by atoms with E-state index in [-0.39, 0.29) is 5.76 Å². The largest absolute Gasteiger partial charge is 0.451 e. The van der Waals surface area contributed by atoms with Crippen LogP contribution in [0, 0.1) is 0 Å². The second-order valence-corrected chi connectivity index (χ2v) is 4.06. The number of rotatable bonds is 2. The predicted molar refractivity (Wildman–Crippen MR) is 63.5 cm³/mol. The molecule has 82 valence electrons. The molecule has 5 heteroatoms. The van der Waals surface area contributed by atoms with E-state index < -0.39 is 5.91 Å². The molecule has 0 fully saturated rings. The van der Waals surface area contributed by atoms with Gasteiger partial charge >= 0.3 is 5.91 Å². The molecule has 0 aliphatic rings. The molecule has 3 N–H and O–H groups in total. The van der Waals surface area contributed by atoms with E-state index in [4.69, 9.17) is 10.3 Å². The van der Waals surface area contributed by atoms with E-state index in [9.17, 15) is 4.79 Å². The maximum Gasteiger partial charge on any atom is 0.300 e. The van der Waals surface area contributed by atoms with Gasteiger partial charge in [-0.2, -0.15) is 0 Å². The van der Waals surface area contributed by atoms with Gasteiger partial charge in [-0.1, -0.05) is 28.1 Å². The van der Waals surface area contributed by atoms with Crippen molar-refractivity contribution in [3.05, 3.63) is 46.6 Å². The highest BCUT2D eigenvalue weighted by Gasteiger charge is 2.10. The number of furan rings is 1. The number of amides is 1. The SMILES string of the molecule is NNC(=O)c1ccc(-c2ccc(Br)cc2)o1. The number of nitrogens with one attached hydrogen (secondary N) is 1. The molecule has 4 nitrogen and oxygen atoms in total. The second-order valence-electron chi connectivity index (χ2n) is 3.14. The van der Waals surface area contributed by atoms with Crippen LogP contribution in [0.4, 0.5) is 0 Å². The summed E-state index contributed by atoms with van der Waals surface area (Å²) in [6.07, 6.45) is 0. The first-order chi connectivity index (χ1) is 7.70. The Morgan fingerprint density at radius 1 is 1.19 bits per heavy atom. The third kappa shape index (κ3) is 2.15. The van der Waals surface area contributed by atoms with Gasteiger partial charge in [0.2, 0.25) is 0 Å². The molecule has 0 atom stereocenters. The third-order valence-electron chi connectivity index (χ3n) is 2.09. The highest BCUT2D eigenvalue weighted by Crippen LogP contribution is 2.23. The molecule has 1 heterocycles. The fraction of sp³-hybridized carbons (Fsp3) is 0. The molecular weight excluding hydrogens is 272 g/mol. The highest BCUT2D eigenvalue weighted by molar-refractivity contribution is 9.10. The first kappa shape index (κ1) is 10.9. The van der Waals surface area contributed by atoms with Crippen molar-refractivity contribution in [2.75, 3.05) is 0 Å². The van der Waals surface area contributed by atoms with Gasteiger partial charge in [0.15, 0.2) is 5.76 Å². The molecular formula is C11H9BrN2O2. The number of carbonyl (C=O) groups excluding carboxylic acids is 1. The zero-order valence-electron chi connectivity index (χ0n) is 8.24. The number of nitrogen functional groups attached to an aromatic ring is 1. The zero-order chi connectivity index (χ0) is 11.5. The minimum Gasteiger partial charge on any atom is -0.451 e. The lowest BCUT2D eigenvalue weighted by Gasteiger charge is -1.97. The van der Waals surface area contributed by atoms with E-state index in [1.807, 2.05) is 29.7 Å². The molecule has 2 aromatic rings.